The van der Waals surface area contributed by atoms with Gasteiger partial charge in [-0.25, -0.2) is 9.78 Å². The van der Waals surface area contributed by atoms with Crippen molar-refractivity contribution in [1.82, 2.24) is 9.38 Å². The van der Waals surface area contributed by atoms with Crippen LogP contribution in [0.25, 0.3) is 16.2 Å². The lowest BCUT2D eigenvalue weighted by molar-refractivity contribution is 0.0688. The number of hydrogen-bond acceptors (Lipinski definition) is 3. The molecule has 0 radical (unpaired) electrons. The van der Waals surface area contributed by atoms with Gasteiger partial charge >= 0.3 is 5.97 Å². The van der Waals surface area contributed by atoms with Gasteiger partial charge in [0, 0.05) is 16.0 Å². The minimum absolute atomic E-state index is 0.155. The van der Waals surface area contributed by atoms with Gasteiger partial charge in [-0.3, -0.25) is 4.40 Å². The number of hydrogen-bond donors (Lipinski definition) is 1. The number of fused-ring (bicyclic) bond motifs is 1. The Morgan fingerprint density at radius 3 is 2.80 bits per heavy atom. The lowest BCUT2D eigenvalue weighted by Crippen LogP contribution is -2.04. The Bertz CT molecular complexity index is 838. The highest BCUT2D eigenvalue weighted by Gasteiger charge is 2.21. The third kappa shape index (κ3) is 1.98. The molecule has 0 atom stereocenters. The van der Waals surface area contributed by atoms with Gasteiger partial charge < -0.3 is 5.11 Å². The Kier molecular flexibility index (Phi) is 3.20. The maximum atomic E-state index is 11.4. The molecule has 102 valence electrons. The number of nitrogens with zero attached hydrogens (tertiary/aromatic N) is 2. The van der Waals surface area contributed by atoms with Gasteiger partial charge in [-0.2, -0.15) is 0 Å². The van der Waals surface area contributed by atoms with E-state index in [0.717, 1.165) is 5.56 Å². The molecule has 0 fully saturated rings. The quantitative estimate of drug-likeness (QED) is 0.760. The fraction of sp³-hybridized carbons (Fsp3) is 0.0769. The Morgan fingerprint density at radius 2 is 2.15 bits per heavy atom. The van der Waals surface area contributed by atoms with Crippen LogP contribution in [0.3, 0.4) is 0 Å². The normalized spacial score (nSPS) is 11.2. The molecule has 0 aliphatic heterocycles. The van der Waals surface area contributed by atoms with E-state index in [1.165, 1.54) is 11.3 Å². The highest BCUT2D eigenvalue weighted by atomic mass is 35.5. The van der Waals surface area contributed by atoms with Gasteiger partial charge in [0.2, 0.25) is 0 Å². The molecular weight excluding hydrogens is 319 g/mol. The highest BCUT2D eigenvalue weighted by Crippen LogP contribution is 2.34. The molecule has 4 nitrogen and oxygen atoms in total. The van der Waals surface area contributed by atoms with E-state index in [2.05, 4.69) is 4.98 Å². The number of carboxylic acid groups (broad SMARTS) is 1. The van der Waals surface area contributed by atoms with Crippen LogP contribution in [0.4, 0.5) is 0 Å². The molecule has 2 aromatic heterocycles. The second-order valence-electron chi connectivity index (χ2n) is 4.21. The number of benzene rings is 1. The Labute approximate surface area is 128 Å². The third-order valence-corrected chi connectivity index (χ3v) is 4.32. The van der Waals surface area contributed by atoms with Crippen molar-refractivity contribution < 1.29 is 9.90 Å². The second kappa shape index (κ2) is 4.77. The molecule has 0 spiro atoms. The molecule has 0 saturated heterocycles. The van der Waals surface area contributed by atoms with E-state index in [1.54, 1.807) is 29.5 Å². The average Bonchev–Trinajstić information content (AvgIpc) is 2.87. The van der Waals surface area contributed by atoms with Gasteiger partial charge in [0.05, 0.1) is 16.4 Å². The standard InChI is InChI=1S/C13H8Cl2N2O2S/c1-6-11(12(18)19)17-10(5-20-13(17)16-6)8-3-2-7(14)4-9(8)15/h2-5H,1H3,(H,18,19). The molecule has 0 unspecified atom stereocenters. The summed E-state index contributed by atoms with van der Waals surface area (Å²) in [6, 6.07) is 5.12. The SMILES string of the molecule is Cc1nc2scc(-c3ccc(Cl)cc3Cl)n2c1C(=O)O. The van der Waals surface area contributed by atoms with Gasteiger partial charge in [0.25, 0.3) is 0 Å². The summed E-state index contributed by atoms with van der Waals surface area (Å²) in [5, 5.41) is 12.2. The van der Waals surface area contributed by atoms with Gasteiger partial charge in [0.1, 0.15) is 0 Å². The summed E-state index contributed by atoms with van der Waals surface area (Å²) in [4.78, 5) is 16.3. The number of aryl methyl sites for hydroxylation is 1. The van der Waals surface area contributed by atoms with Crippen LogP contribution in [0.15, 0.2) is 23.6 Å². The maximum absolute atomic E-state index is 11.4. The summed E-state index contributed by atoms with van der Waals surface area (Å²) < 4.78 is 1.61. The number of aromatic carboxylic acids is 1. The molecule has 1 N–H and O–H groups in total. The van der Waals surface area contributed by atoms with E-state index < -0.39 is 5.97 Å². The molecular formula is C13H8Cl2N2O2S. The summed E-state index contributed by atoms with van der Waals surface area (Å²) in [5.41, 5.74) is 2.06. The molecule has 0 aliphatic carbocycles. The molecule has 0 bridgehead atoms. The van der Waals surface area contributed by atoms with E-state index in [4.69, 9.17) is 23.2 Å². The number of thiazole rings is 1. The Morgan fingerprint density at radius 1 is 1.40 bits per heavy atom. The van der Waals surface area contributed by atoms with Crippen molar-refractivity contribution in [3.05, 3.63) is 45.0 Å². The summed E-state index contributed by atoms with van der Waals surface area (Å²) in [7, 11) is 0. The van der Waals surface area contributed by atoms with Crippen LogP contribution in [0.1, 0.15) is 16.2 Å². The number of halogens is 2. The first-order valence-corrected chi connectivity index (χ1v) is 7.28. The predicted molar refractivity (Wildman–Crippen MR) is 80.2 cm³/mol. The number of carboxylic acids is 1. The molecule has 0 aliphatic rings. The molecule has 20 heavy (non-hydrogen) atoms. The van der Waals surface area contributed by atoms with E-state index in [1.807, 2.05) is 5.38 Å². The zero-order valence-corrected chi connectivity index (χ0v) is 12.6. The predicted octanol–water partition coefficient (Wildman–Crippen LogP) is 4.38. The van der Waals surface area contributed by atoms with E-state index in [9.17, 15) is 9.90 Å². The molecule has 3 rings (SSSR count). The Hall–Kier alpha value is -1.56. The number of imidazole rings is 1. The van der Waals surface area contributed by atoms with Crippen LogP contribution in [-0.4, -0.2) is 20.5 Å². The molecule has 0 saturated carbocycles. The largest absolute Gasteiger partial charge is 0.477 e. The first-order valence-electron chi connectivity index (χ1n) is 5.64. The monoisotopic (exact) mass is 326 g/mol. The zero-order chi connectivity index (χ0) is 14.4. The molecule has 0 amide bonds. The van der Waals surface area contributed by atoms with E-state index >= 15 is 0 Å². The fourth-order valence-corrected chi connectivity index (χ4v) is 3.54. The number of aromatic nitrogens is 2. The van der Waals surface area contributed by atoms with E-state index in [-0.39, 0.29) is 5.69 Å². The minimum atomic E-state index is -1.01. The van der Waals surface area contributed by atoms with Gasteiger partial charge in [-0.15, -0.1) is 11.3 Å². The van der Waals surface area contributed by atoms with Crippen LogP contribution in [0, 0.1) is 6.92 Å². The molecule has 2 heterocycles. The van der Waals surface area contributed by atoms with Crippen molar-refractivity contribution >= 4 is 45.5 Å². The summed E-state index contributed by atoms with van der Waals surface area (Å²) in [6.07, 6.45) is 0. The summed E-state index contributed by atoms with van der Waals surface area (Å²) in [5.74, 6) is -1.01. The fourth-order valence-electron chi connectivity index (χ4n) is 2.10. The smallest absolute Gasteiger partial charge is 0.354 e. The third-order valence-electron chi connectivity index (χ3n) is 2.95. The molecule has 3 aromatic rings. The Balaban J connectivity index is 2.34. The number of rotatable bonds is 2. The zero-order valence-electron chi connectivity index (χ0n) is 10.2. The van der Waals surface area contributed by atoms with Crippen LogP contribution in [0.5, 0.6) is 0 Å². The lowest BCUT2D eigenvalue weighted by atomic mass is 10.1. The van der Waals surface area contributed by atoms with Crippen molar-refractivity contribution in [3.8, 4) is 11.3 Å². The topological polar surface area (TPSA) is 54.6 Å². The maximum Gasteiger partial charge on any atom is 0.354 e. The highest BCUT2D eigenvalue weighted by molar-refractivity contribution is 7.15. The second-order valence-corrected chi connectivity index (χ2v) is 5.89. The van der Waals surface area contributed by atoms with Crippen molar-refractivity contribution in [3.63, 3.8) is 0 Å². The van der Waals surface area contributed by atoms with Gasteiger partial charge in [-0.1, -0.05) is 23.2 Å². The van der Waals surface area contributed by atoms with Gasteiger partial charge in [-0.05, 0) is 25.1 Å². The van der Waals surface area contributed by atoms with Crippen molar-refractivity contribution in [2.75, 3.05) is 0 Å². The minimum Gasteiger partial charge on any atom is -0.477 e. The van der Waals surface area contributed by atoms with Crippen LogP contribution >= 0.6 is 34.5 Å². The van der Waals surface area contributed by atoms with Crippen LogP contribution in [0.2, 0.25) is 10.0 Å². The van der Waals surface area contributed by atoms with Crippen LogP contribution in [-0.2, 0) is 0 Å². The average molecular weight is 327 g/mol. The van der Waals surface area contributed by atoms with Crippen molar-refractivity contribution in [1.29, 1.82) is 0 Å². The molecule has 7 heteroatoms. The summed E-state index contributed by atoms with van der Waals surface area (Å²) in [6.45, 7) is 1.68. The van der Waals surface area contributed by atoms with Crippen molar-refractivity contribution in [2.24, 2.45) is 0 Å². The van der Waals surface area contributed by atoms with Crippen LogP contribution < -0.4 is 0 Å². The summed E-state index contributed by atoms with van der Waals surface area (Å²) >= 11 is 13.5. The van der Waals surface area contributed by atoms with E-state index in [0.29, 0.717) is 26.4 Å². The lowest BCUT2D eigenvalue weighted by Gasteiger charge is -2.05. The first-order chi connectivity index (χ1) is 9.49. The number of carbonyl (C=O) groups is 1. The molecule has 1 aromatic carbocycles. The van der Waals surface area contributed by atoms with Gasteiger partial charge in [0.15, 0.2) is 10.7 Å². The van der Waals surface area contributed by atoms with Crippen molar-refractivity contribution in [2.45, 2.75) is 6.92 Å². The first kappa shape index (κ1) is 13.4.